The fourth-order valence-electron chi connectivity index (χ4n) is 3.08. The topological polar surface area (TPSA) is 80.6 Å². The third-order valence-corrected chi connectivity index (χ3v) is 4.33. The van der Waals surface area contributed by atoms with Crippen LogP contribution < -0.4 is 5.32 Å². The summed E-state index contributed by atoms with van der Waals surface area (Å²) in [5, 5.41) is 11.5. The molecule has 0 saturated heterocycles. The van der Waals surface area contributed by atoms with Crippen LogP contribution in [-0.4, -0.2) is 35.3 Å². The molecule has 0 radical (unpaired) electrons. The van der Waals surface area contributed by atoms with Crippen molar-refractivity contribution in [3.05, 3.63) is 52.8 Å². The molecule has 2 rings (SSSR count). The van der Waals surface area contributed by atoms with Crippen molar-refractivity contribution in [3.8, 4) is 0 Å². The number of methoxy groups -OCH3 is 1. The van der Waals surface area contributed by atoms with Crippen LogP contribution in [0.25, 0.3) is 0 Å². The highest BCUT2D eigenvalue weighted by Gasteiger charge is 2.34. The number of hydrogen-bond donors (Lipinski definition) is 2. The van der Waals surface area contributed by atoms with Crippen LogP contribution in [0.3, 0.4) is 0 Å². The predicted octanol–water partition coefficient (Wildman–Crippen LogP) is 3.59. The van der Waals surface area contributed by atoms with Crippen LogP contribution in [0.4, 0.5) is 18.9 Å². The molecule has 1 amide bonds. The summed E-state index contributed by atoms with van der Waals surface area (Å²) in [4.78, 5) is 24.2. The van der Waals surface area contributed by atoms with Crippen LogP contribution in [-0.2, 0) is 28.5 Å². The number of halogens is 3. The van der Waals surface area contributed by atoms with Gasteiger partial charge in [-0.2, -0.15) is 13.2 Å². The summed E-state index contributed by atoms with van der Waals surface area (Å²) in [5.41, 5.74) is -0.305. The minimum absolute atomic E-state index is 0.119. The minimum atomic E-state index is -4.69. The summed E-state index contributed by atoms with van der Waals surface area (Å²) in [7, 11) is 1.18. The molecule has 1 aromatic heterocycles. The van der Waals surface area contributed by atoms with E-state index < -0.39 is 29.3 Å². The fraction of sp³-hybridized carbons (Fsp3) is 0.400. The molecule has 2 aromatic rings. The summed E-state index contributed by atoms with van der Waals surface area (Å²) in [6, 6.07) is 6.14. The van der Waals surface area contributed by atoms with Gasteiger partial charge in [-0.3, -0.25) is 9.59 Å². The average molecular weight is 412 g/mol. The van der Waals surface area contributed by atoms with Crippen molar-refractivity contribution in [1.29, 1.82) is 0 Å². The second kappa shape index (κ2) is 9.13. The Balaban J connectivity index is 2.42. The molecule has 0 saturated carbocycles. The van der Waals surface area contributed by atoms with Gasteiger partial charge in [-0.05, 0) is 43.7 Å². The van der Waals surface area contributed by atoms with Crippen molar-refractivity contribution >= 4 is 17.6 Å². The first-order valence-electron chi connectivity index (χ1n) is 8.97. The molecule has 1 aromatic carbocycles. The van der Waals surface area contributed by atoms with Crippen molar-refractivity contribution in [3.63, 3.8) is 0 Å². The van der Waals surface area contributed by atoms with Gasteiger partial charge >= 0.3 is 12.1 Å². The maximum absolute atomic E-state index is 13.4. The third kappa shape index (κ3) is 5.38. The van der Waals surface area contributed by atoms with Crippen LogP contribution in [0.2, 0.25) is 0 Å². The largest absolute Gasteiger partial charge is 0.469 e. The Morgan fingerprint density at radius 2 is 1.90 bits per heavy atom. The van der Waals surface area contributed by atoms with E-state index in [2.05, 4.69) is 10.1 Å². The maximum Gasteiger partial charge on any atom is 0.418 e. The van der Waals surface area contributed by atoms with E-state index in [1.807, 2.05) is 13.8 Å². The zero-order valence-electron chi connectivity index (χ0n) is 16.3. The minimum Gasteiger partial charge on any atom is -0.469 e. The van der Waals surface area contributed by atoms with Crippen molar-refractivity contribution in [2.24, 2.45) is 0 Å². The molecule has 0 aliphatic carbocycles. The van der Waals surface area contributed by atoms with Gasteiger partial charge < -0.3 is 19.7 Å². The van der Waals surface area contributed by atoms with Crippen LogP contribution in [0, 0.1) is 0 Å². The Morgan fingerprint density at radius 3 is 2.45 bits per heavy atom. The molecule has 2 N–H and O–H groups in total. The lowest BCUT2D eigenvalue weighted by atomic mass is 10.1. The van der Waals surface area contributed by atoms with Gasteiger partial charge in [-0.25, -0.2) is 0 Å². The number of carbonyl (C=O) groups excluding carboxylic acids is 2. The van der Waals surface area contributed by atoms with E-state index in [0.29, 0.717) is 12.1 Å². The Kier molecular flexibility index (Phi) is 7.07. The SMILES string of the molecule is COC(=O)Cc1ccc(C(F)(F)F)c(NC(=O)c2ccc(CCO)n2C(C)C)c1. The van der Waals surface area contributed by atoms with E-state index in [0.717, 1.165) is 12.1 Å². The summed E-state index contributed by atoms with van der Waals surface area (Å²) >= 11 is 0. The van der Waals surface area contributed by atoms with Gasteiger partial charge in [0.2, 0.25) is 0 Å². The molecule has 6 nitrogen and oxygen atoms in total. The molecule has 158 valence electrons. The number of nitrogens with one attached hydrogen (secondary N) is 1. The van der Waals surface area contributed by atoms with Crippen LogP contribution >= 0.6 is 0 Å². The molecular weight excluding hydrogens is 389 g/mol. The van der Waals surface area contributed by atoms with Crippen LogP contribution in [0.15, 0.2) is 30.3 Å². The number of amides is 1. The molecule has 0 bridgehead atoms. The molecule has 1 heterocycles. The number of aliphatic hydroxyl groups is 1. The highest BCUT2D eigenvalue weighted by atomic mass is 19.4. The van der Waals surface area contributed by atoms with E-state index in [4.69, 9.17) is 0 Å². The second-order valence-electron chi connectivity index (χ2n) is 6.73. The Bertz CT molecular complexity index is 888. The molecule has 0 aliphatic rings. The molecule has 29 heavy (non-hydrogen) atoms. The van der Waals surface area contributed by atoms with Crippen molar-refractivity contribution in [2.75, 3.05) is 19.0 Å². The van der Waals surface area contributed by atoms with Gasteiger partial charge in [0.25, 0.3) is 5.91 Å². The molecule has 0 atom stereocenters. The van der Waals surface area contributed by atoms with E-state index in [-0.39, 0.29) is 30.3 Å². The van der Waals surface area contributed by atoms with E-state index in [1.165, 1.54) is 19.2 Å². The Morgan fingerprint density at radius 1 is 1.21 bits per heavy atom. The third-order valence-electron chi connectivity index (χ3n) is 4.33. The number of alkyl halides is 3. The smallest absolute Gasteiger partial charge is 0.418 e. The van der Waals surface area contributed by atoms with E-state index >= 15 is 0 Å². The molecule has 9 heteroatoms. The zero-order valence-corrected chi connectivity index (χ0v) is 16.3. The van der Waals surface area contributed by atoms with Gasteiger partial charge in [0, 0.05) is 24.8 Å². The first kappa shape index (κ1) is 22.5. The maximum atomic E-state index is 13.4. The number of rotatable bonds is 7. The molecular formula is C20H23F3N2O4. The number of aromatic nitrogens is 1. The number of nitrogens with zero attached hydrogens (tertiary/aromatic N) is 1. The normalized spacial score (nSPS) is 11.6. The second-order valence-corrected chi connectivity index (χ2v) is 6.73. The number of benzene rings is 1. The Labute approximate surface area is 166 Å². The highest BCUT2D eigenvalue weighted by Crippen LogP contribution is 2.36. The van der Waals surface area contributed by atoms with Crippen molar-refractivity contribution in [1.82, 2.24) is 4.57 Å². The number of anilines is 1. The van der Waals surface area contributed by atoms with E-state index in [9.17, 15) is 27.9 Å². The number of aliphatic hydroxyl groups excluding tert-OH is 1. The van der Waals surface area contributed by atoms with Crippen molar-refractivity contribution in [2.45, 2.75) is 38.9 Å². The monoisotopic (exact) mass is 412 g/mol. The lowest BCUT2D eigenvalue weighted by molar-refractivity contribution is -0.139. The first-order valence-corrected chi connectivity index (χ1v) is 8.97. The standard InChI is InChI=1S/C20H23F3N2O4/c1-12(2)25-14(8-9-26)5-7-17(25)19(28)24-16-10-13(11-18(27)29-3)4-6-15(16)20(21,22)23/h4-7,10,12,26H,8-9,11H2,1-3H3,(H,24,28). The predicted molar refractivity (Wildman–Crippen MR) is 101 cm³/mol. The summed E-state index contributed by atoms with van der Waals surface area (Å²) in [6.45, 7) is 3.54. The zero-order chi connectivity index (χ0) is 21.8. The lowest BCUT2D eigenvalue weighted by Crippen LogP contribution is -2.22. The number of carbonyl (C=O) groups is 2. The molecule has 0 unspecified atom stereocenters. The summed E-state index contributed by atoms with van der Waals surface area (Å²) in [5.74, 6) is -1.33. The molecule has 0 aliphatic heterocycles. The van der Waals surface area contributed by atoms with Gasteiger partial charge in [-0.1, -0.05) is 6.07 Å². The molecule has 0 spiro atoms. The quantitative estimate of drug-likeness (QED) is 0.681. The van der Waals surface area contributed by atoms with Gasteiger partial charge in [0.15, 0.2) is 0 Å². The Hall–Kier alpha value is -2.81. The van der Waals surface area contributed by atoms with Gasteiger partial charge in [0.1, 0.15) is 5.69 Å². The highest BCUT2D eigenvalue weighted by molar-refractivity contribution is 6.04. The summed E-state index contributed by atoms with van der Waals surface area (Å²) in [6.07, 6.45) is -4.59. The fourth-order valence-corrected chi connectivity index (χ4v) is 3.08. The number of hydrogen-bond acceptors (Lipinski definition) is 4. The number of esters is 1. The number of ether oxygens (including phenoxy) is 1. The first-order chi connectivity index (χ1) is 13.6. The van der Waals surface area contributed by atoms with E-state index in [1.54, 1.807) is 10.6 Å². The lowest BCUT2D eigenvalue weighted by Gasteiger charge is -2.18. The molecule has 0 fully saturated rings. The van der Waals surface area contributed by atoms with Crippen molar-refractivity contribution < 1.29 is 32.6 Å². The average Bonchev–Trinajstić information content (AvgIpc) is 3.05. The van der Waals surface area contributed by atoms with Crippen LogP contribution in [0.5, 0.6) is 0 Å². The van der Waals surface area contributed by atoms with Gasteiger partial charge in [-0.15, -0.1) is 0 Å². The van der Waals surface area contributed by atoms with Crippen LogP contribution in [0.1, 0.15) is 47.2 Å². The summed E-state index contributed by atoms with van der Waals surface area (Å²) < 4.78 is 46.4. The van der Waals surface area contributed by atoms with Gasteiger partial charge in [0.05, 0.1) is 24.8 Å².